The Morgan fingerprint density at radius 1 is 1.35 bits per heavy atom. The van der Waals surface area contributed by atoms with Gasteiger partial charge in [0.05, 0.1) is 36.5 Å². The van der Waals surface area contributed by atoms with E-state index in [1.54, 1.807) is 18.4 Å². The number of benzene rings is 1. The number of carbonyl (C=O) groups is 2. The summed E-state index contributed by atoms with van der Waals surface area (Å²) in [5.74, 6) is 0.800. The fourth-order valence-corrected chi connectivity index (χ4v) is 6.36. The van der Waals surface area contributed by atoms with Gasteiger partial charge in [-0.3, -0.25) is 4.79 Å². The molecule has 0 spiro atoms. The molecule has 10 heteroatoms. The summed E-state index contributed by atoms with van der Waals surface area (Å²) in [4.78, 5) is 30.3. The Bertz CT molecular complexity index is 1310. The van der Waals surface area contributed by atoms with Gasteiger partial charge in [-0.25, -0.2) is 9.78 Å². The van der Waals surface area contributed by atoms with Gasteiger partial charge in [0, 0.05) is 16.7 Å². The van der Waals surface area contributed by atoms with Crippen molar-refractivity contribution in [2.75, 3.05) is 19.0 Å². The van der Waals surface area contributed by atoms with E-state index in [1.807, 2.05) is 43.5 Å². The smallest absolute Gasteiger partial charge is 0.407 e. The number of hydrogen-bond donors (Lipinski definition) is 2. The molecule has 194 valence electrons. The number of anilines is 1. The Labute approximate surface area is 224 Å². The molecule has 2 heterocycles. The van der Waals surface area contributed by atoms with Crippen molar-refractivity contribution >= 4 is 39.7 Å². The molecule has 37 heavy (non-hydrogen) atoms. The Kier molecular flexibility index (Phi) is 8.79. The summed E-state index contributed by atoms with van der Waals surface area (Å²) in [6, 6.07) is 9.99. The molecular formula is C27H30N4O4S2. The molecule has 1 aromatic carbocycles. The lowest BCUT2D eigenvalue weighted by Gasteiger charge is -2.21. The molecule has 1 aliphatic carbocycles. The van der Waals surface area contributed by atoms with Crippen molar-refractivity contribution in [1.82, 2.24) is 10.3 Å². The van der Waals surface area contributed by atoms with Gasteiger partial charge < -0.3 is 20.1 Å². The van der Waals surface area contributed by atoms with E-state index in [4.69, 9.17) is 9.47 Å². The lowest BCUT2D eigenvalue weighted by atomic mass is 9.88. The van der Waals surface area contributed by atoms with Crippen molar-refractivity contribution in [2.45, 2.75) is 52.0 Å². The van der Waals surface area contributed by atoms with E-state index in [2.05, 4.69) is 21.7 Å². The number of alkyl carbamates (subject to hydrolysis) is 1. The van der Waals surface area contributed by atoms with Crippen LogP contribution in [0.15, 0.2) is 29.6 Å². The first-order chi connectivity index (χ1) is 17.9. The van der Waals surface area contributed by atoms with Gasteiger partial charge in [0.1, 0.15) is 16.8 Å². The number of fused-ring (bicyclic) bond motifs is 1. The number of nitrogens with zero attached hydrogens (tertiary/aromatic N) is 2. The van der Waals surface area contributed by atoms with Crippen molar-refractivity contribution in [1.29, 1.82) is 5.26 Å². The van der Waals surface area contributed by atoms with Crippen molar-refractivity contribution in [3.05, 3.63) is 61.9 Å². The van der Waals surface area contributed by atoms with Crippen LogP contribution in [0.3, 0.4) is 0 Å². The van der Waals surface area contributed by atoms with Crippen LogP contribution in [-0.2, 0) is 28.9 Å². The van der Waals surface area contributed by atoms with Gasteiger partial charge in [-0.2, -0.15) is 5.26 Å². The van der Waals surface area contributed by atoms with Gasteiger partial charge in [0.15, 0.2) is 0 Å². The Balaban J connectivity index is 1.31. The predicted molar refractivity (Wildman–Crippen MR) is 144 cm³/mol. The highest BCUT2D eigenvalue weighted by molar-refractivity contribution is 7.16. The van der Waals surface area contributed by atoms with E-state index in [0.29, 0.717) is 36.6 Å². The highest BCUT2D eigenvalue weighted by Crippen LogP contribution is 2.39. The summed E-state index contributed by atoms with van der Waals surface area (Å²) < 4.78 is 10.7. The minimum absolute atomic E-state index is 0.00226. The average Bonchev–Trinajstić information content (AvgIpc) is 3.47. The molecule has 3 aromatic rings. The molecule has 0 saturated carbocycles. The number of rotatable bonds is 9. The fraction of sp³-hybridized carbons (Fsp3) is 0.407. The molecule has 2 unspecified atom stereocenters. The SMILES string of the molecule is COc1cccc(C(C)CC(=O)Nc2sc3c(c2C#N)CCC(COC(=O)NCc2csc(C)n2)C3)c1. The highest BCUT2D eigenvalue weighted by Gasteiger charge is 2.27. The maximum Gasteiger partial charge on any atom is 0.407 e. The molecule has 2 N–H and O–H groups in total. The van der Waals surface area contributed by atoms with Crippen LogP contribution in [0.2, 0.25) is 0 Å². The lowest BCUT2D eigenvalue weighted by molar-refractivity contribution is -0.116. The van der Waals surface area contributed by atoms with Crippen molar-refractivity contribution < 1.29 is 19.1 Å². The standard InChI is InChI=1S/C27H30N4O4S2/c1-16(19-5-4-6-21(11-19)34-3)9-25(32)31-26-23(12-28)22-8-7-18(10-24(22)37-26)14-35-27(33)29-13-20-15-36-17(2)30-20/h4-6,11,15-16,18H,7-10,13-14H2,1-3H3,(H,29,33)(H,31,32). The number of aryl methyl sites for hydroxylation is 1. The molecule has 2 amide bonds. The topological polar surface area (TPSA) is 113 Å². The highest BCUT2D eigenvalue weighted by atomic mass is 32.1. The van der Waals surface area contributed by atoms with Crippen LogP contribution in [-0.4, -0.2) is 30.7 Å². The number of ether oxygens (including phenoxy) is 2. The number of aromatic nitrogens is 1. The third-order valence-electron chi connectivity index (χ3n) is 6.42. The number of hydrogen-bond acceptors (Lipinski definition) is 8. The Hall–Kier alpha value is -3.42. The number of nitrogens with one attached hydrogen (secondary N) is 2. The Morgan fingerprint density at radius 2 is 2.19 bits per heavy atom. The summed E-state index contributed by atoms with van der Waals surface area (Å²) in [6.45, 7) is 4.57. The van der Waals surface area contributed by atoms with Crippen LogP contribution in [0, 0.1) is 24.2 Å². The molecular weight excluding hydrogens is 508 g/mol. The van der Waals surface area contributed by atoms with Crippen molar-refractivity contribution in [2.24, 2.45) is 5.92 Å². The van der Waals surface area contributed by atoms with Crippen LogP contribution in [0.4, 0.5) is 9.80 Å². The van der Waals surface area contributed by atoms with E-state index < -0.39 is 6.09 Å². The maximum absolute atomic E-state index is 12.8. The van der Waals surface area contributed by atoms with Crippen LogP contribution in [0.25, 0.3) is 0 Å². The normalized spacial score (nSPS) is 15.2. The fourth-order valence-electron chi connectivity index (χ4n) is 4.42. The van der Waals surface area contributed by atoms with E-state index >= 15 is 0 Å². The number of thiazole rings is 1. The molecule has 0 saturated heterocycles. The van der Waals surface area contributed by atoms with Gasteiger partial charge in [-0.15, -0.1) is 22.7 Å². The molecule has 0 bridgehead atoms. The molecule has 0 radical (unpaired) electrons. The summed E-state index contributed by atoms with van der Waals surface area (Å²) in [7, 11) is 1.62. The van der Waals surface area contributed by atoms with Crippen molar-refractivity contribution in [3.63, 3.8) is 0 Å². The van der Waals surface area contributed by atoms with Gasteiger partial charge in [0.25, 0.3) is 0 Å². The summed E-state index contributed by atoms with van der Waals surface area (Å²) in [5, 5.41) is 19.0. The second-order valence-corrected chi connectivity index (χ2v) is 11.3. The molecule has 0 fully saturated rings. The summed E-state index contributed by atoms with van der Waals surface area (Å²) >= 11 is 3.00. The van der Waals surface area contributed by atoms with E-state index in [0.717, 1.165) is 45.3 Å². The minimum Gasteiger partial charge on any atom is -0.497 e. The molecule has 8 nitrogen and oxygen atoms in total. The lowest BCUT2D eigenvalue weighted by Crippen LogP contribution is -2.27. The number of amides is 2. The third-order valence-corrected chi connectivity index (χ3v) is 8.41. The van der Waals surface area contributed by atoms with Crippen LogP contribution in [0.1, 0.15) is 58.0 Å². The van der Waals surface area contributed by atoms with Crippen LogP contribution < -0.4 is 15.4 Å². The van der Waals surface area contributed by atoms with Crippen molar-refractivity contribution in [3.8, 4) is 11.8 Å². The second-order valence-electron chi connectivity index (χ2n) is 9.17. The predicted octanol–water partition coefficient (Wildman–Crippen LogP) is 5.56. The zero-order valence-corrected chi connectivity index (χ0v) is 22.8. The first-order valence-corrected chi connectivity index (χ1v) is 13.9. The molecule has 0 aliphatic heterocycles. The van der Waals surface area contributed by atoms with Gasteiger partial charge in [-0.1, -0.05) is 19.1 Å². The maximum atomic E-state index is 12.8. The largest absolute Gasteiger partial charge is 0.497 e. The third kappa shape index (κ3) is 6.87. The van der Waals surface area contributed by atoms with E-state index in [9.17, 15) is 14.9 Å². The quantitative estimate of drug-likeness (QED) is 0.369. The zero-order valence-electron chi connectivity index (χ0n) is 21.1. The minimum atomic E-state index is -0.460. The number of carbonyl (C=O) groups excluding carboxylic acids is 2. The Morgan fingerprint density at radius 3 is 2.92 bits per heavy atom. The van der Waals surface area contributed by atoms with Gasteiger partial charge in [0.2, 0.25) is 5.91 Å². The van der Waals surface area contributed by atoms with E-state index in [-0.39, 0.29) is 17.7 Å². The van der Waals surface area contributed by atoms with Gasteiger partial charge in [-0.05, 0) is 61.3 Å². The summed E-state index contributed by atoms with van der Waals surface area (Å²) in [5.41, 5.74) is 3.40. The molecule has 1 aliphatic rings. The monoisotopic (exact) mass is 538 g/mol. The molecule has 2 aromatic heterocycles. The van der Waals surface area contributed by atoms with E-state index in [1.165, 1.54) is 11.3 Å². The van der Waals surface area contributed by atoms with Crippen LogP contribution in [0.5, 0.6) is 5.75 Å². The molecule has 2 atom stereocenters. The summed E-state index contributed by atoms with van der Waals surface area (Å²) in [6.07, 6.45) is 2.09. The zero-order chi connectivity index (χ0) is 26.4. The molecule has 4 rings (SSSR count). The number of thiophene rings is 1. The van der Waals surface area contributed by atoms with Gasteiger partial charge >= 0.3 is 6.09 Å². The first kappa shape index (κ1) is 26.6. The number of methoxy groups -OCH3 is 1. The second kappa shape index (κ2) is 12.2. The van der Waals surface area contributed by atoms with Crippen LogP contribution >= 0.6 is 22.7 Å². The number of nitriles is 1. The average molecular weight is 539 g/mol. The first-order valence-electron chi connectivity index (χ1n) is 12.2.